The van der Waals surface area contributed by atoms with Crippen molar-refractivity contribution >= 4 is 40.6 Å². The molecule has 7 heteroatoms. The number of nitrogens with zero attached hydrogens (tertiary/aromatic N) is 1. The van der Waals surface area contributed by atoms with Crippen LogP contribution in [-0.2, 0) is 0 Å². The predicted molar refractivity (Wildman–Crippen MR) is 121 cm³/mol. The van der Waals surface area contributed by atoms with Gasteiger partial charge in [-0.15, -0.1) is 11.3 Å². The monoisotopic (exact) mass is 426 g/mol. The SMILES string of the molecule is C=C(c1csc(SC)n1)C12CNCCC1=CC(Nc1ccc(F)cc1)=C(C=N)C2. The first-order chi connectivity index (χ1) is 14.1. The number of thiazole rings is 1. The minimum atomic E-state index is -0.275. The van der Waals surface area contributed by atoms with E-state index in [9.17, 15) is 4.39 Å². The van der Waals surface area contributed by atoms with Gasteiger partial charge in [0.15, 0.2) is 0 Å². The van der Waals surface area contributed by atoms with E-state index in [2.05, 4.69) is 28.7 Å². The highest BCUT2D eigenvalue weighted by atomic mass is 32.2. The second kappa shape index (κ2) is 8.26. The molecule has 4 nitrogen and oxygen atoms in total. The number of nitrogens with one attached hydrogen (secondary N) is 3. The lowest BCUT2D eigenvalue weighted by Crippen LogP contribution is -2.44. The molecule has 1 unspecified atom stereocenters. The second-order valence-electron chi connectivity index (χ2n) is 7.25. The van der Waals surface area contributed by atoms with Crippen LogP contribution in [0.1, 0.15) is 18.5 Å². The van der Waals surface area contributed by atoms with E-state index >= 15 is 0 Å². The van der Waals surface area contributed by atoms with Crippen molar-refractivity contribution < 1.29 is 4.39 Å². The molecule has 0 spiro atoms. The first kappa shape index (κ1) is 20.1. The molecule has 29 heavy (non-hydrogen) atoms. The molecule has 0 radical (unpaired) electrons. The Morgan fingerprint density at radius 1 is 1.41 bits per heavy atom. The largest absolute Gasteiger partial charge is 0.355 e. The van der Waals surface area contributed by atoms with Gasteiger partial charge in [-0.1, -0.05) is 23.9 Å². The van der Waals surface area contributed by atoms with Crippen LogP contribution in [0.15, 0.2) is 63.5 Å². The molecular weight excluding hydrogens is 403 g/mol. The van der Waals surface area contributed by atoms with Gasteiger partial charge in [0.25, 0.3) is 0 Å². The summed E-state index contributed by atoms with van der Waals surface area (Å²) >= 11 is 3.28. The zero-order chi connectivity index (χ0) is 20.4. The Balaban J connectivity index is 1.70. The highest BCUT2D eigenvalue weighted by Gasteiger charge is 2.43. The zero-order valence-electron chi connectivity index (χ0n) is 16.2. The number of hydrogen-bond acceptors (Lipinski definition) is 6. The number of anilines is 1. The fraction of sp³-hybridized carbons (Fsp3) is 0.273. The van der Waals surface area contributed by atoms with Gasteiger partial charge in [-0.25, -0.2) is 9.37 Å². The van der Waals surface area contributed by atoms with E-state index in [1.54, 1.807) is 35.2 Å². The quantitative estimate of drug-likeness (QED) is 0.431. The molecule has 1 fully saturated rings. The zero-order valence-corrected chi connectivity index (χ0v) is 17.9. The molecule has 150 valence electrons. The van der Waals surface area contributed by atoms with Crippen LogP contribution in [0, 0.1) is 16.6 Å². The molecule has 2 aromatic rings. The van der Waals surface area contributed by atoms with E-state index in [1.807, 2.05) is 6.26 Å². The minimum Gasteiger partial charge on any atom is -0.355 e. The van der Waals surface area contributed by atoms with Crippen molar-refractivity contribution in [3.63, 3.8) is 0 Å². The molecule has 2 heterocycles. The van der Waals surface area contributed by atoms with Crippen molar-refractivity contribution in [3.8, 4) is 0 Å². The van der Waals surface area contributed by atoms with Gasteiger partial charge in [0.05, 0.1) is 5.69 Å². The summed E-state index contributed by atoms with van der Waals surface area (Å²) in [6.45, 7) is 6.15. The molecule has 3 N–H and O–H groups in total. The number of fused-ring (bicyclic) bond motifs is 1. The summed E-state index contributed by atoms with van der Waals surface area (Å²) in [5.41, 5.74) is 5.58. The number of piperidine rings is 1. The van der Waals surface area contributed by atoms with Crippen LogP contribution in [0.5, 0.6) is 0 Å². The third-order valence-corrected chi connectivity index (χ3v) is 7.47. The van der Waals surface area contributed by atoms with E-state index < -0.39 is 0 Å². The Kier molecular flexibility index (Phi) is 5.72. The van der Waals surface area contributed by atoms with Gasteiger partial charge in [0, 0.05) is 34.9 Å². The molecule has 1 aliphatic heterocycles. The predicted octanol–water partition coefficient (Wildman–Crippen LogP) is 5.34. The van der Waals surface area contributed by atoms with Crippen LogP contribution < -0.4 is 10.6 Å². The number of allylic oxidation sites excluding steroid dienone is 2. The molecule has 2 aliphatic rings. The van der Waals surface area contributed by atoms with Crippen molar-refractivity contribution in [2.45, 2.75) is 17.2 Å². The van der Waals surface area contributed by atoms with Crippen LogP contribution in [0.4, 0.5) is 10.1 Å². The molecule has 1 aromatic carbocycles. The number of hydrogen-bond donors (Lipinski definition) is 3. The van der Waals surface area contributed by atoms with E-state index in [4.69, 9.17) is 10.4 Å². The maximum absolute atomic E-state index is 13.2. The molecular formula is C22H23FN4S2. The number of rotatable bonds is 6. The van der Waals surface area contributed by atoms with Crippen LogP contribution in [0.3, 0.4) is 0 Å². The summed E-state index contributed by atoms with van der Waals surface area (Å²) in [6.07, 6.45) is 7.20. The third kappa shape index (κ3) is 3.82. The topological polar surface area (TPSA) is 60.8 Å². The maximum atomic E-state index is 13.2. The Morgan fingerprint density at radius 2 is 2.21 bits per heavy atom. The van der Waals surface area contributed by atoms with Crippen LogP contribution >= 0.6 is 23.1 Å². The van der Waals surface area contributed by atoms with Gasteiger partial charge in [-0.05, 0) is 67.1 Å². The molecule has 0 amide bonds. The Labute approximate surface area is 178 Å². The van der Waals surface area contributed by atoms with Gasteiger partial charge in [-0.3, -0.25) is 0 Å². The Bertz CT molecular complexity index is 1010. The average Bonchev–Trinajstić information content (AvgIpc) is 3.23. The second-order valence-corrected chi connectivity index (χ2v) is 9.16. The van der Waals surface area contributed by atoms with E-state index in [0.717, 1.165) is 52.1 Å². The average molecular weight is 427 g/mol. The first-order valence-electron chi connectivity index (χ1n) is 9.43. The van der Waals surface area contributed by atoms with Crippen LogP contribution in [0.2, 0.25) is 0 Å². The fourth-order valence-electron chi connectivity index (χ4n) is 4.03. The Hall–Kier alpha value is -2.22. The van der Waals surface area contributed by atoms with E-state index in [0.29, 0.717) is 6.42 Å². The van der Waals surface area contributed by atoms with Crippen molar-refractivity contribution in [1.29, 1.82) is 5.41 Å². The van der Waals surface area contributed by atoms with Gasteiger partial charge >= 0.3 is 0 Å². The lowest BCUT2D eigenvalue weighted by atomic mass is 9.64. The van der Waals surface area contributed by atoms with Crippen molar-refractivity contribution in [3.05, 3.63) is 70.7 Å². The standard InChI is InChI=1S/C22H23FN4S2/c1-14(20-12-29-21(27-20)28-2)22-10-15(11-24)19(9-16(22)7-8-25-13-22)26-18-5-3-17(23)4-6-18/h3-6,9,11-12,24-26H,1,7-8,10,13H2,2H3. The van der Waals surface area contributed by atoms with E-state index in [1.165, 1.54) is 23.9 Å². The normalized spacial score (nSPS) is 21.4. The lowest BCUT2D eigenvalue weighted by molar-refractivity contribution is 0.377. The summed E-state index contributed by atoms with van der Waals surface area (Å²) < 4.78 is 14.3. The van der Waals surface area contributed by atoms with Crippen molar-refractivity contribution in [2.75, 3.05) is 24.7 Å². The van der Waals surface area contributed by atoms with Gasteiger partial charge < -0.3 is 16.0 Å². The molecule has 1 atom stereocenters. The van der Waals surface area contributed by atoms with Crippen LogP contribution in [0.25, 0.3) is 5.57 Å². The fourth-order valence-corrected chi connectivity index (χ4v) is 5.30. The summed E-state index contributed by atoms with van der Waals surface area (Å²) in [6, 6.07) is 6.30. The summed E-state index contributed by atoms with van der Waals surface area (Å²) in [5.74, 6) is -0.264. The third-order valence-electron chi connectivity index (χ3n) is 5.61. The first-order valence-corrected chi connectivity index (χ1v) is 11.5. The highest BCUT2D eigenvalue weighted by Crippen LogP contribution is 2.50. The van der Waals surface area contributed by atoms with Crippen molar-refractivity contribution in [2.24, 2.45) is 5.41 Å². The molecule has 4 rings (SSSR count). The lowest BCUT2D eigenvalue weighted by Gasteiger charge is -2.44. The molecule has 1 aliphatic carbocycles. The molecule has 1 aromatic heterocycles. The molecule has 0 saturated carbocycles. The summed E-state index contributed by atoms with van der Waals surface area (Å²) in [4.78, 5) is 4.74. The van der Waals surface area contributed by atoms with Gasteiger partial charge in [0.2, 0.25) is 0 Å². The maximum Gasteiger partial charge on any atom is 0.150 e. The van der Waals surface area contributed by atoms with Gasteiger partial charge in [0.1, 0.15) is 10.2 Å². The smallest absolute Gasteiger partial charge is 0.150 e. The van der Waals surface area contributed by atoms with Gasteiger partial charge in [-0.2, -0.15) is 0 Å². The van der Waals surface area contributed by atoms with Crippen molar-refractivity contribution in [1.82, 2.24) is 10.3 Å². The number of thioether (sulfide) groups is 1. The van der Waals surface area contributed by atoms with Crippen LogP contribution in [-0.4, -0.2) is 30.5 Å². The molecule has 1 saturated heterocycles. The number of aromatic nitrogens is 1. The molecule has 0 bridgehead atoms. The number of benzene rings is 1. The minimum absolute atomic E-state index is 0.264. The Morgan fingerprint density at radius 3 is 2.90 bits per heavy atom. The number of halogens is 1. The van der Waals surface area contributed by atoms with E-state index in [-0.39, 0.29) is 11.2 Å². The highest BCUT2D eigenvalue weighted by molar-refractivity contribution is 8.00. The summed E-state index contributed by atoms with van der Waals surface area (Å²) in [5, 5.41) is 17.0. The summed E-state index contributed by atoms with van der Waals surface area (Å²) in [7, 11) is 0.